The van der Waals surface area contributed by atoms with Crippen LogP contribution in [0.15, 0.2) is 24.3 Å². The maximum absolute atomic E-state index is 12.3. The second-order valence-electron chi connectivity index (χ2n) is 4.93. The largest absolute Gasteiger partial charge is 0.480 e. The third-order valence-electron chi connectivity index (χ3n) is 3.45. The van der Waals surface area contributed by atoms with Gasteiger partial charge >= 0.3 is 5.97 Å². The van der Waals surface area contributed by atoms with E-state index >= 15 is 0 Å². The summed E-state index contributed by atoms with van der Waals surface area (Å²) in [5, 5.41) is 9.11. The predicted molar refractivity (Wildman–Crippen MR) is 80.0 cm³/mol. The molecule has 1 aromatic carbocycles. The molecule has 1 heterocycles. The van der Waals surface area contributed by atoms with Gasteiger partial charge in [0.05, 0.1) is 5.88 Å². The molecule has 1 saturated heterocycles. The molecule has 0 saturated carbocycles. The lowest BCUT2D eigenvalue weighted by Gasteiger charge is -2.20. The highest BCUT2D eigenvalue weighted by molar-refractivity contribution is 7.99. The number of hydrogen-bond acceptors (Lipinski definition) is 3. The number of rotatable bonds is 5. The summed E-state index contributed by atoms with van der Waals surface area (Å²) in [7, 11) is 0. The van der Waals surface area contributed by atoms with E-state index in [0.717, 1.165) is 19.3 Å². The summed E-state index contributed by atoms with van der Waals surface area (Å²) >= 11 is 1.48. The minimum absolute atomic E-state index is 0.190. The van der Waals surface area contributed by atoms with Crippen LogP contribution in [0.5, 0.6) is 0 Å². The second-order valence-corrected chi connectivity index (χ2v) is 5.93. The monoisotopic (exact) mass is 293 g/mol. The molecule has 108 valence electrons. The zero-order valence-corrected chi connectivity index (χ0v) is 12.4. The Morgan fingerprint density at radius 2 is 2.05 bits per heavy atom. The van der Waals surface area contributed by atoms with Gasteiger partial charge in [0, 0.05) is 11.3 Å². The van der Waals surface area contributed by atoms with E-state index in [9.17, 15) is 9.59 Å². The summed E-state index contributed by atoms with van der Waals surface area (Å²) in [5.74, 6) is -0.199. The van der Waals surface area contributed by atoms with Crippen LogP contribution in [0.3, 0.4) is 0 Å². The van der Waals surface area contributed by atoms with Crippen LogP contribution in [0.1, 0.15) is 35.7 Å². The summed E-state index contributed by atoms with van der Waals surface area (Å²) in [6.07, 6.45) is 3.30. The van der Waals surface area contributed by atoms with Crippen molar-refractivity contribution in [2.45, 2.75) is 32.2 Å². The summed E-state index contributed by atoms with van der Waals surface area (Å²) < 4.78 is 0. The molecule has 0 bridgehead atoms. The second kappa shape index (κ2) is 6.79. The van der Waals surface area contributed by atoms with Crippen molar-refractivity contribution in [3.63, 3.8) is 0 Å². The molecule has 0 spiro atoms. The van der Waals surface area contributed by atoms with Crippen LogP contribution >= 0.6 is 11.8 Å². The molecule has 1 aliphatic heterocycles. The van der Waals surface area contributed by atoms with Crippen LogP contribution in [-0.2, 0) is 11.2 Å². The van der Waals surface area contributed by atoms with Crippen LogP contribution in [-0.4, -0.2) is 39.6 Å². The molecular weight excluding hydrogens is 274 g/mol. The average Bonchev–Trinajstić information content (AvgIpc) is 2.94. The van der Waals surface area contributed by atoms with Crippen molar-refractivity contribution in [2.24, 2.45) is 0 Å². The van der Waals surface area contributed by atoms with E-state index in [2.05, 4.69) is 6.92 Å². The van der Waals surface area contributed by atoms with Gasteiger partial charge in [0.1, 0.15) is 6.04 Å². The Morgan fingerprint density at radius 1 is 1.35 bits per heavy atom. The minimum Gasteiger partial charge on any atom is -0.480 e. The number of hydrogen-bond donors (Lipinski definition) is 1. The first-order valence-corrected chi connectivity index (χ1v) is 7.99. The van der Waals surface area contributed by atoms with Crippen molar-refractivity contribution in [3.05, 3.63) is 35.4 Å². The van der Waals surface area contributed by atoms with Gasteiger partial charge in [0.15, 0.2) is 0 Å². The van der Waals surface area contributed by atoms with Crippen LogP contribution < -0.4 is 0 Å². The number of carboxylic acid groups (broad SMARTS) is 1. The fraction of sp³-hybridized carbons (Fsp3) is 0.467. The summed E-state index contributed by atoms with van der Waals surface area (Å²) in [5.41, 5.74) is 1.79. The van der Waals surface area contributed by atoms with E-state index in [4.69, 9.17) is 5.11 Å². The smallest absolute Gasteiger partial charge is 0.327 e. The summed E-state index contributed by atoms with van der Waals surface area (Å²) in [4.78, 5) is 24.9. The quantitative estimate of drug-likeness (QED) is 0.906. The van der Waals surface area contributed by atoms with E-state index in [1.54, 1.807) is 12.1 Å². The Labute approximate surface area is 123 Å². The SMILES string of the molecule is CCCCc1ccc(C(=O)N2CSCC2C(=O)O)cc1. The topological polar surface area (TPSA) is 57.6 Å². The molecule has 4 nitrogen and oxygen atoms in total. The maximum Gasteiger partial charge on any atom is 0.327 e. The van der Waals surface area contributed by atoms with Crippen LogP contribution in [0, 0.1) is 0 Å². The number of aliphatic carboxylic acids is 1. The number of unbranched alkanes of at least 4 members (excludes halogenated alkanes) is 1. The lowest BCUT2D eigenvalue weighted by atomic mass is 10.1. The fourth-order valence-electron chi connectivity index (χ4n) is 2.21. The number of carboxylic acids is 1. The predicted octanol–water partition coefficient (Wildman–Crippen LogP) is 2.63. The highest BCUT2D eigenvalue weighted by Gasteiger charge is 2.34. The van der Waals surface area contributed by atoms with E-state index in [1.165, 1.54) is 22.2 Å². The van der Waals surface area contributed by atoms with Crippen LogP contribution in [0.4, 0.5) is 0 Å². The molecule has 1 aromatic rings. The van der Waals surface area contributed by atoms with Gasteiger partial charge in [-0.1, -0.05) is 25.5 Å². The van der Waals surface area contributed by atoms with E-state index < -0.39 is 12.0 Å². The number of benzene rings is 1. The number of carbonyl (C=O) groups is 2. The van der Waals surface area contributed by atoms with Crippen molar-refractivity contribution in [3.8, 4) is 0 Å². The third-order valence-corrected chi connectivity index (χ3v) is 4.46. The standard InChI is InChI=1S/C15H19NO3S/c1-2-3-4-11-5-7-12(8-6-11)14(17)16-10-20-9-13(16)15(18)19/h5-8,13H,2-4,9-10H2,1H3,(H,18,19). The zero-order valence-electron chi connectivity index (χ0n) is 11.5. The molecule has 0 aromatic heterocycles. The van der Waals surface area contributed by atoms with Crippen molar-refractivity contribution in [2.75, 3.05) is 11.6 Å². The Morgan fingerprint density at radius 3 is 2.65 bits per heavy atom. The van der Waals surface area contributed by atoms with Gasteiger partial charge in [0.25, 0.3) is 5.91 Å². The van der Waals surface area contributed by atoms with Crippen molar-refractivity contribution in [1.29, 1.82) is 0 Å². The van der Waals surface area contributed by atoms with Crippen molar-refractivity contribution < 1.29 is 14.7 Å². The van der Waals surface area contributed by atoms with E-state index in [1.807, 2.05) is 12.1 Å². The lowest BCUT2D eigenvalue weighted by molar-refractivity contribution is -0.140. The van der Waals surface area contributed by atoms with Crippen LogP contribution in [0.25, 0.3) is 0 Å². The zero-order chi connectivity index (χ0) is 14.5. The molecule has 0 radical (unpaired) electrons. The highest BCUT2D eigenvalue weighted by atomic mass is 32.2. The van der Waals surface area contributed by atoms with Gasteiger partial charge < -0.3 is 10.0 Å². The molecule has 1 fully saturated rings. The normalized spacial score (nSPS) is 18.2. The van der Waals surface area contributed by atoms with Gasteiger partial charge in [0.2, 0.25) is 0 Å². The number of carbonyl (C=O) groups excluding carboxylic acids is 1. The molecule has 20 heavy (non-hydrogen) atoms. The van der Waals surface area contributed by atoms with E-state index in [0.29, 0.717) is 17.2 Å². The van der Waals surface area contributed by atoms with E-state index in [-0.39, 0.29) is 5.91 Å². The Balaban J connectivity index is 2.07. The van der Waals surface area contributed by atoms with Gasteiger partial charge in [-0.15, -0.1) is 11.8 Å². The van der Waals surface area contributed by atoms with Crippen LogP contribution in [0.2, 0.25) is 0 Å². The number of nitrogens with zero attached hydrogens (tertiary/aromatic N) is 1. The van der Waals surface area contributed by atoms with Gasteiger partial charge in [-0.3, -0.25) is 4.79 Å². The Kier molecular flexibility index (Phi) is 5.06. The molecule has 2 rings (SSSR count). The van der Waals surface area contributed by atoms with Gasteiger partial charge in [-0.05, 0) is 30.5 Å². The molecule has 1 N–H and O–H groups in total. The number of aryl methyl sites for hydroxylation is 1. The average molecular weight is 293 g/mol. The van der Waals surface area contributed by atoms with Gasteiger partial charge in [-0.2, -0.15) is 0 Å². The minimum atomic E-state index is -0.928. The Hall–Kier alpha value is -1.49. The Bertz CT molecular complexity index is 486. The number of amides is 1. The molecular formula is C15H19NO3S. The molecule has 1 unspecified atom stereocenters. The first-order valence-electron chi connectivity index (χ1n) is 6.84. The maximum atomic E-state index is 12.3. The third kappa shape index (κ3) is 3.33. The number of thioether (sulfide) groups is 1. The lowest BCUT2D eigenvalue weighted by Crippen LogP contribution is -2.41. The molecule has 0 aliphatic carbocycles. The molecule has 1 aliphatic rings. The van der Waals surface area contributed by atoms with Crippen molar-refractivity contribution in [1.82, 2.24) is 4.90 Å². The first kappa shape index (κ1) is 14.9. The fourth-order valence-corrected chi connectivity index (χ4v) is 3.35. The molecule has 1 amide bonds. The molecule has 5 heteroatoms. The van der Waals surface area contributed by atoms with Gasteiger partial charge in [-0.25, -0.2) is 4.79 Å². The summed E-state index contributed by atoms with van der Waals surface area (Å²) in [6, 6.07) is 6.82. The molecule has 1 atom stereocenters. The summed E-state index contributed by atoms with van der Waals surface area (Å²) in [6.45, 7) is 2.15. The highest BCUT2D eigenvalue weighted by Crippen LogP contribution is 2.23. The first-order chi connectivity index (χ1) is 9.63. The van der Waals surface area contributed by atoms with Crippen molar-refractivity contribution >= 4 is 23.6 Å².